The standard InChI is InChI=1S/C13H17N3S2/c1-9-8-18-13(15-9)7-12(16-14)10-3-5-11(17-2)6-4-10/h3-6,8,12,16H,7,14H2,1-2H3. The quantitative estimate of drug-likeness (QED) is 0.502. The van der Waals surface area contributed by atoms with Gasteiger partial charge in [-0.15, -0.1) is 23.1 Å². The lowest BCUT2D eigenvalue weighted by Crippen LogP contribution is -2.29. The van der Waals surface area contributed by atoms with E-state index in [1.165, 1.54) is 10.5 Å². The second kappa shape index (κ2) is 6.33. The Morgan fingerprint density at radius 2 is 2.11 bits per heavy atom. The zero-order valence-corrected chi connectivity index (χ0v) is 12.1. The number of thioether (sulfide) groups is 1. The van der Waals surface area contributed by atoms with Gasteiger partial charge in [-0.05, 0) is 30.9 Å². The first kappa shape index (κ1) is 13.5. The minimum atomic E-state index is 0.117. The number of benzene rings is 1. The molecule has 1 atom stereocenters. The topological polar surface area (TPSA) is 50.9 Å². The van der Waals surface area contributed by atoms with Crippen molar-refractivity contribution in [3.05, 3.63) is 45.9 Å². The van der Waals surface area contributed by atoms with Gasteiger partial charge in [0.2, 0.25) is 0 Å². The molecule has 0 aliphatic heterocycles. The Morgan fingerprint density at radius 1 is 1.39 bits per heavy atom. The average molecular weight is 279 g/mol. The normalized spacial score (nSPS) is 12.6. The van der Waals surface area contributed by atoms with Gasteiger partial charge in [0.05, 0.1) is 11.0 Å². The minimum absolute atomic E-state index is 0.117. The minimum Gasteiger partial charge on any atom is -0.271 e. The first-order valence-electron chi connectivity index (χ1n) is 5.74. The molecule has 3 N–H and O–H groups in total. The van der Waals surface area contributed by atoms with Gasteiger partial charge in [0.25, 0.3) is 0 Å². The van der Waals surface area contributed by atoms with Gasteiger partial charge < -0.3 is 0 Å². The van der Waals surface area contributed by atoms with Crippen molar-refractivity contribution < 1.29 is 0 Å². The van der Waals surface area contributed by atoms with Crippen LogP contribution in [0.25, 0.3) is 0 Å². The zero-order valence-electron chi connectivity index (χ0n) is 10.5. The van der Waals surface area contributed by atoms with Gasteiger partial charge in [-0.2, -0.15) is 0 Å². The Bertz CT molecular complexity index is 493. The van der Waals surface area contributed by atoms with Gasteiger partial charge in [-0.3, -0.25) is 11.3 Å². The molecule has 5 heteroatoms. The van der Waals surface area contributed by atoms with Crippen LogP contribution in [0.1, 0.15) is 22.3 Å². The molecule has 0 radical (unpaired) electrons. The van der Waals surface area contributed by atoms with Gasteiger partial charge >= 0.3 is 0 Å². The van der Waals surface area contributed by atoms with E-state index < -0.39 is 0 Å². The fourth-order valence-electron chi connectivity index (χ4n) is 1.78. The summed E-state index contributed by atoms with van der Waals surface area (Å²) in [6.07, 6.45) is 2.90. The number of nitrogens with one attached hydrogen (secondary N) is 1. The van der Waals surface area contributed by atoms with Gasteiger partial charge in [-0.1, -0.05) is 12.1 Å². The molecule has 1 aromatic carbocycles. The summed E-state index contributed by atoms with van der Waals surface area (Å²) in [5, 5.41) is 3.18. The molecule has 0 fully saturated rings. The van der Waals surface area contributed by atoms with E-state index >= 15 is 0 Å². The van der Waals surface area contributed by atoms with Crippen LogP contribution >= 0.6 is 23.1 Å². The lowest BCUT2D eigenvalue weighted by Gasteiger charge is -2.15. The van der Waals surface area contributed by atoms with Crippen molar-refractivity contribution in [1.29, 1.82) is 0 Å². The van der Waals surface area contributed by atoms with Crippen LogP contribution in [0.5, 0.6) is 0 Å². The van der Waals surface area contributed by atoms with E-state index in [-0.39, 0.29) is 6.04 Å². The summed E-state index contributed by atoms with van der Waals surface area (Å²) in [6, 6.07) is 8.61. The van der Waals surface area contributed by atoms with E-state index in [0.717, 1.165) is 17.1 Å². The molecule has 0 amide bonds. The summed E-state index contributed by atoms with van der Waals surface area (Å²) >= 11 is 3.43. The van der Waals surface area contributed by atoms with Crippen molar-refractivity contribution in [2.24, 2.45) is 5.84 Å². The maximum Gasteiger partial charge on any atom is 0.0947 e. The summed E-state index contributed by atoms with van der Waals surface area (Å²) in [4.78, 5) is 5.74. The smallest absolute Gasteiger partial charge is 0.0947 e. The first-order valence-corrected chi connectivity index (χ1v) is 7.84. The van der Waals surface area contributed by atoms with Crippen LogP contribution in [-0.2, 0) is 6.42 Å². The second-order valence-electron chi connectivity index (χ2n) is 4.08. The highest BCUT2D eigenvalue weighted by Crippen LogP contribution is 2.22. The monoisotopic (exact) mass is 279 g/mol. The maximum absolute atomic E-state index is 5.65. The van der Waals surface area contributed by atoms with Gasteiger partial charge in [-0.25, -0.2) is 4.98 Å². The Kier molecular flexibility index (Phi) is 4.77. The molecule has 0 spiro atoms. The van der Waals surface area contributed by atoms with Crippen molar-refractivity contribution in [1.82, 2.24) is 10.4 Å². The van der Waals surface area contributed by atoms with E-state index in [2.05, 4.69) is 46.3 Å². The summed E-state index contributed by atoms with van der Waals surface area (Å²) in [5.74, 6) is 5.65. The van der Waals surface area contributed by atoms with Crippen molar-refractivity contribution in [3.63, 3.8) is 0 Å². The van der Waals surface area contributed by atoms with Gasteiger partial charge in [0.15, 0.2) is 0 Å². The summed E-state index contributed by atoms with van der Waals surface area (Å²) < 4.78 is 0. The molecule has 3 nitrogen and oxygen atoms in total. The number of hydrogen-bond acceptors (Lipinski definition) is 5. The molecule has 96 valence electrons. The predicted molar refractivity (Wildman–Crippen MR) is 78.8 cm³/mol. The lowest BCUT2D eigenvalue weighted by molar-refractivity contribution is 0.550. The highest BCUT2D eigenvalue weighted by molar-refractivity contribution is 7.98. The molecule has 1 heterocycles. The van der Waals surface area contributed by atoms with Crippen LogP contribution in [0.15, 0.2) is 34.5 Å². The van der Waals surface area contributed by atoms with E-state index in [9.17, 15) is 0 Å². The number of aryl methyl sites for hydroxylation is 1. The van der Waals surface area contributed by atoms with Crippen molar-refractivity contribution in [2.45, 2.75) is 24.3 Å². The average Bonchev–Trinajstić information content (AvgIpc) is 2.82. The molecule has 1 unspecified atom stereocenters. The van der Waals surface area contributed by atoms with Gasteiger partial charge in [0.1, 0.15) is 0 Å². The zero-order chi connectivity index (χ0) is 13.0. The number of hydrazine groups is 1. The van der Waals surface area contributed by atoms with Crippen LogP contribution in [0.3, 0.4) is 0 Å². The number of thiazole rings is 1. The van der Waals surface area contributed by atoms with Gasteiger partial charge in [0, 0.05) is 22.4 Å². The molecule has 0 aliphatic rings. The molecule has 2 rings (SSSR count). The Hall–Kier alpha value is -0.880. The second-order valence-corrected chi connectivity index (χ2v) is 5.90. The van der Waals surface area contributed by atoms with Crippen LogP contribution in [-0.4, -0.2) is 11.2 Å². The Labute approximate surface area is 116 Å². The number of hydrogen-bond donors (Lipinski definition) is 2. The van der Waals surface area contributed by atoms with Crippen molar-refractivity contribution in [3.8, 4) is 0 Å². The van der Waals surface area contributed by atoms with Crippen LogP contribution in [0, 0.1) is 6.92 Å². The molecule has 0 saturated carbocycles. The molecule has 1 aromatic heterocycles. The lowest BCUT2D eigenvalue weighted by atomic mass is 10.1. The molecule has 0 aliphatic carbocycles. The largest absolute Gasteiger partial charge is 0.271 e. The highest BCUT2D eigenvalue weighted by atomic mass is 32.2. The van der Waals surface area contributed by atoms with Crippen LogP contribution in [0.4, 0.5) is 0 Å². The number of aromatic nitrogens is 1. The third-order valence-electron chi connectivity index (χ3n) is 2.76. The fourth-order valence-corrected chi connectivity index (χ4v) is 3.01. The molecular weight excluding hydrogens is 262 g/mol. The molecule has 18 heavy (non-hydrogen) atoms. The summed E-state index contributed by atoms with van der Waals surface area (Å²) in [7, 11) is 0. The molecule has 0 saturated heterocycles. The first-order chi connectivity index (χ1) is 8.72. The summed E-state index contributed by atoms with van der Waals surface area (Å²) in [6.45, 7) is 2.01. The third kappa shape index (κ3) is 3.32. The molecule has 0 bridgehead atoms. The maximum atomic E-state index is 5.65. The van der Waals surface area contributed by atoms with Crippen LogP contribution < -0.4 is 11.3 Å². The van der Waals surface area contributed by atoms with Crippen molar-refractivity contribution >= 4 is 23.1 Å². The van der Waals surface area contributed by atoms with E-state index in [0.29, 0.717) is 0 Å². The predicted octanol–water partition coefficient (Wildman–Crippen LogP) is 2.92. The summed E-state index contributed by atoms with van der Waals surface area (Å²) in [5.41, 5.74) is 5.14. The van der Waals surface area contributed by atoms with E-state index in [1.807, 2.05) is 6.92 Å². The van der Waals surface area contributed by atoms with E-state index in [4.69, 9.17) is 5.84 Å². The van der Waals surface area contributed by atoms with Crippen molar-refractivity contribution in [2.75, 3.05) is 6.26 Å². The molecule has 2 aromatic rings. The Morgan fingerprint density at radius 3 is 2.61 bits per heavy atom. The third-order valence-corrected chi connectivity index (χ3v) is 4.50. The number of nitrogens with zero attached hydrogens (tertiary/aromatic N) is 1. The fraction of sp³-hybridized carbons (Fsp3) is 0.308. The Balaban J connectivity index is 2.12. The molecular formula is C13H17N3S2. The SMILES string of the molecule is CSc1ccc(C(Cc2nc(C)cs2)NN)cc1. The van der Waals surface area contributed by atoms with E-state index in [1.54, 1.807) is 23.1 Å². The highest BCUT2D eigenvalue weighted by Gasteiger charge is 2.12. The number of rotatable bonds is 5. The van der Waals surface area contributed by atoms with Crippen LogP contribution in [0.2, 0.25) is 0 Å². The number of nitrogens with two attached hydrogens (primary N) is 1.